The molecule has 0 atom stereocenters. The van der Waals surface area contributed by atoms with Crippen molar-refractivity contribution in [3.63, 3.8) is 0 Å². The molecule has 2 aromatic carbocycles. The van der Waals surface area contributed by atoms with Crippen LogP contribution >= 0.6 is 0 Å². The van der Waals surface area contributed by atoms with Crippen LogP contribution < -0.4 is 14.5 Å². The van der Waals surface area contributed by atoms with Crippen LogP contribution in [-0.4, -0.2) is 33.7 Å². The number of ether oxygens (including phenoxy) is 1. The Labute approximate surface area is 166 Å². The molecule has 28 heavy (non-hydrogen) atoms. The predicted octanol–water partition coefficient (Wildman–Crippen LogP) is 3.10. The molecule has 0 aliphatic rings. The minimum Gasteiger partial charge on any atom is -0.495 e. The smallest absolute Gasteiger partial charge is 0.264 e. The van der Waals surface area contributed by atoms with Crippen LogP contribution in [0.2, 0.25) is 0 Å². The van der Waals surface area contributed by atoms with Gasteiger partial charge in [-0.05, 0) is 50.1 Å². The van der Waals surface area contributed by atoms with Gasteiger partial charge in [-0.3, -0.25) is 9.10 Å². The van der Waals surface area contributed by atoms with E-state index in [1.165, 1.54) is 19.2 Å². The van der Waals surface area contributed by atoms with Crippen molar-refractivity contribution in [2.45, 2.75) is 32.1 Å². The van der Waals surface area contributed by atoms with E-state index in [4.69, 9.17) is 4.74 Å². The van der Waals surface area contributed by atoms with E-state index in [0.29, 0.717) is 12.2 Å². The number of hydrazone groups is 1. The van der Waals surface area contributed by atoms with Crippen LogP contribution in [0.15, 0.2) is 58.5 Å². The highest BCUT2D eigenvalue weighted by atomic mass is 32.2. The molecule has 0 aliphatic carbocycles. The first-order valence-electron chi connectivity index (χ1n) is 8.84. The molecule has 2 rings (SSSR count). The molecule has 0 heterocycles. The second-order valence-electron chi connectivity index (χ2n) is 6.24. The van der Waals surface area contributed by atoms with Gasteiger partial charge >= 0.3 is 0 Å². The van der Waals surface area contributed by atoms with Gasteiger partial charge in [-0.2, -0.15) is 5.10 Å². The maximum Gasteiger partial charge on any atom is 0.264 e. The Kier molecular flexibility index (Phi) is 7.17. The van der Waals surface area contributed by atoms with E-state index < -0.39 is 22.5 Å². The van der Waals surface area contributed by atoms with Gasteiger partial charge in [-0.15, -0.1) is 0 Å². The Morgan fingerprint density at radius 1 is 1.18 bits per heavy atom. The highest BCUT2D eigenvalue weighted by Crippen LogP contribution is 2.33. The van der Waals surface area contributed by atoms with Gasteiger partial charge < -0.3 is 4.74 Å². The lowest BCUT2D eigenvalue weighted by molar-refractivity contribution is -0.119. The Bertz CT molecular complexity index is 957. The number of amides is 1. The minimum atomic E-state index is -4.00. The van der Waals surface area contributed by atoms with Crippen molar-refractivity contribution in [2.75, 3.05) is 18.0 Å². The number of sulfonamides is 1. The van der Waals surface area contributed by atoms with Gasteiger partial charge in [0.15, 0.2) is 0 Å². The monoisotopic (exact) mass is 403 g/mol. The molecule has 0 spiro atoms. The lowest BCUT2D eigenvalue weighted by Gasteiger charge is -2.25. The van der Waals surface area contributed by atoms with Crippen molar-refractivity contribution in [1.29, 1.82) is 0 Å². The Morgan fingerprint density at radius 3 is 2.46 bits per heavy atom. The Balaban J connectivity index is 2.51. The summed E-state index contributed by atoms with van der Waals surface area (Å²) in [4.78, 5) is 12.5. The fourth-order valence-corrected chi connectivity index (χ4v) is 3.86. The van der Waals surface area contributed by atoms with Crippen LogP contribution in [-0.2, 0) is 14.8 Å². The first kappa shape index (κ1) is 21.4. The number of rotatable bonds is 8. The van der Waals surface area contributed by atoms with Crippen molar-refractivity contribution in [3.05, 3.63) is 54.1 Å². The number of benzene rings is 2. The van der Waals surface area contributed by atoms with Gasteiger partial charge in [0, 0.05) is 5.71 Å². The molecule has 0 bridgehead atoms. The number of hydrogen-bond acceptors (Lipinski definition) is 5. The summed E-state index contributed by atoms with van der Waals surface area (Å²) in [6, 6.07) is 13.1. The number of nitrogens with zero attached hydrogens (tertiary/aromatic N) is 2. The quantitative estimate of drug-likeness (QED) is 0.542. The van der Waals surface area contributed by atoms with Crippen molar-refractivity contribution in [1.82, 2.24) is 5.43 Å². The van der Waals surface area contributed by atoms with Crippen molar-refractivity contribution in [2.24, 2.45) is 5.10 Å². The average Bonchev–Trinajstić information content (AvgIpc) is 2.70. The Morgan fingerprint density at radius 2 is 1.86 bits per heavy atom. The molecule has 2 aromatic rings. The summed E-state index contributed by atoms with van der Waals surface area (Å²) < 4.78 is 33.0. The number of carbonyl (C=O) groups is 1. The SMILES string of the molecule is CC/C(C)=N\NC(=O)CN(c1cc(C)ccc1OC)S(=O)(=O)c1ccccc1. The third kappa shape index (κ3) is 5.10. The largest absolute Gasteiger partial charge is 0.495 e. The van der Waals surface area contributed by atoms with E-state index in [1.807, 2.05) is 19.9 Å². The topological polar surface area (TPSA) is 88.1 Å². The number of anilines is 1. The second-order valence-corrected chi connectivity index (χ2v) is 8.10. The van der Waals surface area contributed by atoms with Crippen LogP contribution in [0.4, 0.5) is 5.69 Å². The third-order valence-electron chi connectivity index (χ3n) is 4.10. The van der Waals surface area contributed by atoms with Crippen LogP contribution in [0.5, 0.6) is 5.75 Å². The van der Waals surface area contributed by atoms with Crippen molar-refractivity contribution in [3.8, 4) is 5.75 Å². The van der Waals surface area contributed by atoms with E-state index >= 15 is 0 Å². The molecule has 0 saturated carbocycles. The van der Waals surface area contributed by atoms with E-state index in [9.17, 15) is 13.2 Å². The molecule has 0 aromatic heterocycles. The zero-order chi connectivity index (χ0) is 20.7. The number of methoxy groups -OCH3 is 1. The minimum absolute atomic E-state index is 0.0830. The summed E-state index contributed by atoms with van der Waals surface area (Å²) in [7, 11) is -2.54. The van der Waals surface area contributed by atoms with Gasteiger partial charge in [-0.25, -0.2) is 13.8 Å². The Hall–Kier alpha value is -2.87. The molecule has 8 heteroatoms. The highest BCUT2D eigenvalue weighted by Gasteiger charge is 2.29. The molecule has 0 unspecified atom stereocenters. The van der Waals surface area contributed by atoms with E-state index in [-0.39, 0.29) is 10.6 Å². The number of hydrogen-bond donors (Lipinski definition) is 1. The lowest BCUT2D eigenvalue weighted by atomic mass is 10.2. The normalized spacial score (nSPS) is 11.8. The number of nitrogens with one attached hydrogen (secondary N) is 1. The summed E-state index contributed by atoms with van der Waals surface area (Å²) in [5, 5.41) is 3.97. The first-order chi connectivity index (χ1) is 13.3. The molecule has 1 N–H and O–H groups in total. The molecule has 7 nitrogen and oxygen atoms in total. The van der Waals surface area contributed by atoms with Gasteiger partial charge in [0.25, 0.3) is 15.9 Å². The summed E-state index contributed by atoms with van der Waals surface area (Å²) in [5.74, 6) is -0.193. The molecule has 1 amide bonds. The summed E-state index contributed by atoms with van der Waals surface area (Å²) in [6.45, 7) is 5.10. The average molecular weight is 404 g/mol. The fourth-order valence-electron chi connectivity index (χ4n) is 2.42. The van der Waals surface area contributed by atoms with Crippen LogP contribution in [0, 0.1) is 6.92 Å². The molecule has 0 fully saturated rings. The van der Waals surface area contributed by atoms with Gasteiger partial charge in [0.2, 0.25) is 0 Å². The molecule has 0 radical (unpaired) electrons. The fraction of sp³-hybridized carbons (Fsp3) is 0.300. The zero-order valence-corrected chi connectivity index (χ0v) is 17.3. The lowest BCUT2D eigenvalue weighted by Crippen LogP contribution is -2.40. The predicted molar refractivity (Wildman–Crippen MR) is 110 cm³/mol. The highest BCUT2D eigenvalue weighted by molar-refractivity contribution is 7.92. The third-order valence-corrected chi connectivity index (χ3v) is 5.88. The molecule has 0 saturated heterocycles. The van der Waals surface area contributed by atoms with Crippen LogP contribution in [0.1, 0.15) is 25.8 Å². The number of carbonyl (C=O) groups excluding carboxylic acids is 1. The maximum atomic E-state index is 13.3. The molecule has 0 aliphatic heterocycles. The van der Waals surface area contributed by atoms with Gasteiger partial charge in [0.05, 0.1) is 17.7 Å². The summed E-state index contributed by atoms with van der Waals surface area (Å²) >= 11 is 0. The maximum absolute atomic E-state index is 13.3. The number of aryl methyl sites for hydroxylation is 1. The summed E-state index contributed by atoms with van der Waals surface area (Å²) in [6.07, 6.45) is 0.679. The molecular weight excluding hydrogens is 378 g/mol. The van der Waals surface area contributed by atoms with Crippen LogP contribution in [0.3, 0.4) is 0 Å². The van der Waals surface area contributed by atoms with Crippen molar-refractivity contribution >= 4 is 27.3 Å². The first-order valence-corrected chi connectivity index (χ1v) is 10.3. The second kappa shape index (κ2) is 9.36. The van der Waals surface area contributed by atoms with Gasteiger partial charge in [-0.1, -0.05) is 31.2 Å². The van der Waals surface area contributed by atoms with Crippen molar-refractivity contribution < 1.29 is 17.9 Å². The zero-order valence-electron chi connectivity index (χ0n) is 16.5. The van der Waals surface area contributed by atoms with E-state index in [1.54, 1.807) is 37.3 Å². The standard InChI is InChI=1S/C20H25N3O4S/c1-5-16(3)21-22-20(24)14-23(18-13-15(2)11-12-19(18)27-4)28(25,26)17-9-7-6-8-10-17/h6-13H,5,14H2,1-4H3,(H,22,24)/b21-16-. The van der Waals surface area contributed by atoms with Gasteiger partial charge in [0.1, 0.15) is 12.3 Å². The summed E-state index contributed by atoms with van der Waals surface area (Å²) in [5.41, 5.74) is 4.27. The van der Waals surface area contributed by atoms with E-state index in [2.05, 4.69) is 10.5 Å². The van der Waals surface area contributed by atoms with E-state index in [0.717, 1.165) is 15.6 Å². The molecular formula is C20H25N3O4S. The molecule has 150 valence electrons. The van der Waals surface area contributed by atoms with Crippen LogP contribution in [0.25, 0.3) is 0 Å².